The number of aliphatic hydroxyl groups excluding tert-OH is 1. The summed E-state index contributed by atoms with van der Waals surface area (Å²) in [5.41, 5.74) is 3.31. The minimum absolute atomic E-state index is 0.427. The lowest BCUT2D eigenvalue weighted by Crippen LogP contribution is -1.88. The highest BCUT2D eigenvalue weighted by Gasteiger charge is 2.14. The van der Waals surface area contributed by atoms with Crippen molar-refractivity contribution in [1.29, 1.82) is 0 Å². The standard InChI is InChI=1S/C14H18O2/c1-8(2)11-6-5-9(3)12-7-13(10(4)15)16-14(11)12/h5-8,10,15H,1-4H3. The summed E-state index contributed by atoms with van der Waals surface area (Å²) < 4.78 is 5.75. The number of hydrogen-bond acceptors (Lipinski definition) is 2. The minimum Gasteiger partial charge on any atom is -0.458 e. The van der Waals surface area contributed by atoms with Crippen molar-refractivity contribution in [3.63, 3.8) is 0 Å². The van der Waals surface area contributed by atoms with E-state index in [1.54, 1.807) is 6.92 Å². The van der Waals surface area contributed by atoms with Gasteiger partial charge in [0.15, 0.2) is 0 Å². The Bertz CT molecular complexity index is 507. The van der Waals surface area contributed by atoms with Crippen LogP contribution in [-0.2, 0) is 0 Å². The van der Waals surface area contributed by atoms with Gasteiger partial charge in [0.1, 0.15) is 17.4 Å². The first-order valence-corrected chi connectivity index (χ1v) is 5.71. The van der Waals surface area contributed by atoms with Gasteiger partial charge in [-0.05, 0) is 37.0 Å². The van der Waals surface area contributed by atoms with Crippen LogP contribution in [0.5, 0.6) is 0 Å². The maximum atomic E-state index is 9.55. The molecule has 1 aromatic heterocycles. The lowest BCUT2D eigenvalue weighted by atomic mass is 9.99. The van der Waals surface area contributed by atoms with E-state index >= 15 is 0 Å². The van der Waals surface area contributed by atoms with Crippen molar-refractivity contribution in [2.24, 2.45) is 0 Å². The molecule has 0 spiro atoms. The molecule has 1 aromatic carbocycles. The molecule has 0 radical (unpaired) electrons. The lowest BCUT2D eigenvalue weighted by Gasteiger charge is -2.07. The zero-order valence-electron chi connectivity index (χ0n) is 10.2. The normalized spacial score (nSPS) is 13.6. The summed E-state index contributed by atoms with van der Waals surface area (Å²) >= 11 is 0. The Morgan fingerprint density at radius 2 is 1.88 bits per heavy atom. The SMILES string of the molecule is Cc1ccc(C(C)C)c2oc(C(C)O)cc12. The van der Waals surface area contributed by atoms with Crippen molar-refractivity contribution < 1.29 is 9.52 Å². The van der Waals surface area contributed by atoms with Crippen LogP contribution in [0.2, 0.25) is 0 Å². The summed E-state index contributed by atoms with van der Waals surface area (Å²) in [6.45, 7) is 8.08. The topological polar surface area (TPSA) is 33.4 Å². The number of aryl methyl sites for hydroxylation is 1. The highest BCUT2D eigenvalue weighted by Crippen LogP contribution is 2.32. The molecule has 0 aliphatic heterocycles. The van der Waals surface area contributed by atoms with Gasteiger partial charge in [0, 0.05) is 5.39 Å². The molecule has 0 bridgehead atoms. The summed E-state index contributed by atoms with van der Waals surface area (Å²) in [5.74, 6) is 1.07. The van der Waals surface area contributed by atoms with Gasteiger partial charge < -0.3 is 9.52 Å². The molecule has 0 fully saturated rings. The Morgan fingerprint density at radius 3 is 2.44 bits per heavy atom. The summed E-state index contributed by atoms with van der Waals surface area (Å²) in [6, 6.07) is 6.16. The van der Waals surface area contributed by atoms with Crippen LogP contribution in [0.4, 0.5) is 0 Å². The molecule has 2 heteroatoms. The van der Waals surface area contributed by atoms with Crippen LogP contribution in [0.1, 0.15) is 49.7 Å². The van der Waals surface area contributed by atoms with Gasteiger partial charge in [-0.15, -0.1) is 0 Å². The Labute approximate surface area is 95.9 Å². The van der Waals surface area contributed by atoms with E-state index in [1.165, 1.54) is 11.1 Å². The van der Waals surface area contributed by atoms with Crippen molar-refractivity contribution in [3.8, 4) is 0 Å². The molecule has 0 aliphatic carbocycles. The second kappa shape index (κ2) is 3.95. The zero-order chi connectivity index (χ0) is 11.9. The molecule has 0 aliphatic rings. The molecular formula is C14H18O2. The molecule has 86 valence electrons. The van der Waals surface area contributed by atoms with E-state index in [9.17, 15) is 5.11 Å². The molecule has 0 amide bonds. The van der Waals surface area contributed by atoms with Crippen LogP contribution >= 0.6 is 0 Å². The molecule has 1 heterocycles. The number of hydrogen-bond donors (Lipinski definition) is 1. The molecule has 2 rings (SSSR count). The van der Waals surface area contributed by atoms with Gasteiger partial charge in [-0.3, -0.25) is 0 Å². The summed E-state index contributed by atoms with van der Waals surface area (Å²) in [5, 5.41) is 10.7. The molecular weight excluding hydrogens is 200 g/mol. The molecule has 1 N–H and O–H groups in total. The smallest absolute Gasteiger partial charge is 0.138 e. The van der Waals surface area contributed by atoms with E-state index in [1.807, 2.05) is 6.07 Å². The quantitative estimate of drug-likeness (QED) is 0.828. The Balaban J connectivity index is 2.72. The van der Waals surface area contributed by atoms with Crippen molar-refractivity contribution in [3.05, 3.63) is 35.1 Å². The van der Waals surface area contributed by atoms with E-state index in [-0.39, 0.29) is 0 Å². The molecule has 0 saturated carbocycles. The van der Waals surface area contributed by atoms with Crippen molar-refractivity contribution in [2.75, 3.05) is 0 Å². The molecule has 1 unspecified atom stereocenters. The third kappa shape index (κ3) is 1.74. The average molecular weight is 218 g/mol. The van der Waals surface area contributed by atoms with Crippen LogP contribution in [0.3, 0.4) is 0 Å². The second-order valence-electron chi connectivity index (χ2n) is 4.69. The first kappa shape index (κ1) is 11.2. The van der Waals surface area contributed by atoms with E-state index in [2.05, 4.69) is 32.9 Å². The monoisotopic (exact) mass is 218 g/mol. The van der Waals surface area contributed by atoms with Crippen LogP contribution in [0, 0.1) is 6.92 Å². The van der Waals surface area contributed by atoms with Crippen LogP contribution in [0.25, 0.3) is 11.0 Å². The van der Waals surface area contributed by atoms with Gasteiger partial charge in [-0.25, -0.2) is 0 Å². The van der Waals surface area contributed by atoms with Gasteiger partial charge in [0.05, 0.1) is 0 Å². The highest BCUT2D eigenvalue weighted by atomic mass is 16.4. The maximum absolute atomic E-state index is 9.55. The number of fused-ring (bicyclic) bond motifs is 1. The van der Waals surface area contributed by atoms with Crippen molar-refractivity contribution >= 4 is 11.0 Å². The Hall–Kier alpha value is -1.28. The zero-order valence-corrected chi connectivity index (χ0v) is 10.2. The van der Waals surface area contributed by atoms with Gasteiger partial charge in [-0.2, -0.15) is 0 Å². The van der Waals surface area contributed by atoms with Gasteiger partial charge in [0.25, 0.3) is 0 Å². The van der Waals surface area contributed by atoms with Crippen molar-refractivity contribution in [2.45, 2.75) is 39.7 Å². The summed E-state index contributed by atoms with van der Waals surface area (Å²) in [4.78, 5) is 0. The molecule has 16 heavy (non-hydrogen) atoms. The fourth-order valence-corrected chi connectivity index (χ4v) is 1.96. The van der Waals surface area contributed by atoms with Gasteiger partial charge in [-0.1, -0.05) is 26.0 Å². The predicted molar refractivity (Wildman–Crippen MR) is 65.7 cm³/mol. The van der Waals surface area contributed by atoms with Crippen LogP contribution < -0.4 is 0 Å². The third-order valence-electron chi connectivity index (χ3n) is 2.98. The third-order valence-corrected chi connectivity index (χ3v) is 2.98. The summed E-state index contributed by atoms with van der Waals surface area (Å²) in [7, 11) is 0. The molecule has 0 saturated heterocycles. The summed E-state index contributed by atoms with van der Waals surface area (Å²) in [6.07, 6.45) is -0.549. The second-order valence-corrected chi connectivity index (χ2v) is 4.69. The lowest BCUT2D eigenvalue weighted by molar-refractivity contribution is 0.172. The Morgan fingerprint density at radius 1 is 1.19 bits per heavy atom. The maximum Gasteiger partial charge on any atom is 0.138 e. The predicted octanol–water partition coefficient (Wildman–Crippen LogP) is 3.92. The van der Waals surface area contributed by atoms with Crippen LogP contribution in [0.15, 0.2) is 22.6 Å². The number of benzene rings is 1. The largest absolute Gasteiger partial charge is 0.458 e. The number of rotatable bonds is 2. The van der Waals surface area contributed by atoms with Crippen LogP contribution in [-0.4, -0.2) is 5.11 Å². The molecule has 2 aromatic rings. The highest BCUT2D eigenvalue weighted by molar-refractivity contribution is 5.85. The molecule has 1 atom stereocenters. The van der Waals surface area contributed by atoms with Gasteiger partial charge >= 0.3 is 0 Å². The fourth-order valence-electron chi connectivity index (χ4n) is 1.96. The first-order valence-electron chi connectivity index (χ1n) is 5.71. The fraction of sp³-hybridized carbons (Fsp3) is 0.429. The van der Waals surface area contributed by atoms with E-state index < -0.39 is 6.10 Å². The number of furan rings is 1. The van der Waals surface area contributed by atoms with E-state index in [0.717, 1.165) is 11.0 Å². The number of aliphatic hydroxyl groups is 1. The minimum atomic E-state index is -0.549. The van der Waals surface area contributed by atoms with Crippen molar-refractivity contribution in [1.82, 2.24) is 0 Å². The van der Waals surface area contributed by atoms with Gasteiger partial charge in [0.2, 0.25) is 0 Å². The van der Waals surface area contributed by atoms with E-state index in [0.29, 0.717) is 11.7 Å². The Kier molecular flexibility index (Phi) is 2.76. The molecule has 2 nitrogen and oxygen atoms in total. The average Bonchev–Trinajstić information content (AvgIpc) is 2.62. The van der Waals surface area contributed by atoms with E-state index in [4.69, 9.17) is 4.42 Å². The first-order chi connectivity index (χ1) is 7.50.